The number of esters is 1. The Bertz CT molecular complexity index is 529. The van der Waals surface area contributed by atoms with Crippen LogP contribution in [0.4, 0.5) is 0 Å². The molecule has 0 fully saturated rings. The van der Waals surface area contributed by atoms with Gasteiger partial charge < -0.3 is 4.74 Å². The Morgan fingerprint density at radius 2 is 1.91 bits per heavy atom. The van der Waals surface area contributed by atoms with Gasteiger partial charge in [-0.15, -0.1) is 11.3 Å². The average Bonchev–Trinajstić information content (AvgIpc) is 2.97. The molecule has 0 aromatic carbocycles. The molecule has 1 aromatic rings. The lowest BCUT2D eigenvalue weighted by atomic mass is 10.2. The zero-order valence-electron chi connectivity index (χ0n) is 13.8. The van der Waals surface area contributed by atoms with E-state index in [0.29, 0.717) is 6.54 Å². The second kappa shape index (κ2) is 11.6. The van der Waals surface area contributed by atoms with Crippen molar-refractivity contribution in [2.24, 2.45) is 0 Å². The zero-order chi connectivity index (χ0) is 17.0. The normalized spacial score (nSPS) is 10.7. The second-order valence-electron chi connectivity index (χ2n) is 4.77. The molecule has 0 radical (unpaired) electrons. The molecule has 0 saturated carbocycles. The molecule has 0 unspecified atom stereocenters. The summed E-state index contributed by atoms with van der Waals surface area (Å²) in [5.74, 6) is -0.624. The van der Waals surface area contributed by atoms with Gasteiger partial charge in [0, 0.05) is 7.97 Å². The third kappa shape index (κ3) is 7.38. The van der Waals surface area contributed by atoms with E-state index in [-0.39, 0.29) is 11.2 Å². The van der Waals surface area contributed by atoms with E-state index >= 15 is 0 Å². The minimum absolute atomic E-state index is 0. The van der Waals surface area contributed by atoms with Crippen LogP contribution in [0.3, 0.4) is 0 Å². The van der Waals surface area contributed by atoms with Crippen molar-refractivity contribution in [2.75, 3.05) is 13.7 Å². The molecular formula is C15H29NO4S2. The Morgan fingerprint density at radius 3 is 2.45 bits per heavy atom. The Morgan fingerprint density at radius 1 is 1.27 bits per heavy atom. The number of unbranched alkanes of at least 4 members (excludes halogenated alkanes) is 3. The maximum Gasteiger partial charge on any atom is 0.349 e. The first kappa shape index (κ1) is 21.1. The van der Waals surface area contributed by atoms with E-state index in [1.165, 1.54) is 19.6 Å². The number of nitrogens with one attached hydrogen (secondary N) is 1. The van der Waals surface area contributed by atoms with Crippen LogP contribution in [-0.2, 0) is 14.8 Å². The summed E-state index contributed by atoms with van der Waals surface area (Å²) >= 11 is 1.06. The van der Waals surface area contributed by atoms with Gasteiger partial charge in [0.1, 0.15) is 9.77 Å². The lowest BCUT2D eigenvalue weighted by Gasteiger charge is -2.06. The smallest absolute Gasteiger partial charge is 0.349 e. The SMILES string of the molecule is CCC.CCCCCCNS(=O)(=O)c1ccsc1C(=O)OC.[HH]. The van der Waals surface area contributed by atoms with Crippen molar-refractivity contribution in [1.29, 1.82) is 0 Å². The van der Waals surface area contributed by atoms with Crippen molar-refractivity contribution in [3.8, 4) is 0 Å². The van der Waals surface area contributed by atoms with Crippen molar-refractivity contribution in [2.45, 2.75) is 57.8 Å². The molecule has 0 aliphatic rings. The van der Waals surface area contributed by atoms with Gasteiger partial charge in [-0.25, -0.2) is 17.9 Å². The zero-order valence-corrected chi connectivity index (χ0v) is 15.5. The Hall–Kier alpha value is -0.920. The van der Waals surface area contributed by atoms with Gasteiger partial charge in [0.05, 0.1) is 7.11 Å². The molecule has 5 nitrogen and oxygen atoms in total. The van der Waals surface area contributed by atoms with Crippen molar-refractivity contribution in [3.63, 3.8) is 0 Å². The van der Waals surface area contributed by atoms with Gasteiger partial charge in [-0.1, -0.05) is 46.5 Å². The molecule has 130 valence electrons. The minimum Gasteiger partial charge on any atom is -0.465 e. The highest BCUT2D eigenvalue weighted by Gasteiger charge is 2.23. The van der Waals surface area contributed by atoms with E-state index in [1.807, 2.05) is 0 Å². The summed E-state index contributed by atoms with van der Waals surface area (Å²) in [7, 11) is -2.40. The van der Waals surface area contributed by atoms with E-state index in [9.17, 15) is 13.2 Å². The van der Waals surface area contributed by atoms with Gasteiger partial charge in [0.2, 0.25) is 10.0 Å². The van der Waals surface area contributed by atoms with Crippen LogP contribution in [-0.4, -0.2) is 28.0 Å². The van der Waals surface area contributed by atoms with Gasteiger partial charge in [-0.05, 0) is 17.9 Å². The largest absolute Gasteiger partial charge is 0.465 e. The highest BCUT2D eigenvalue weighted by molar-refractivity contribution is 7.89. The molecule has 0 aliphatic carbocycles. The molecule has 0 aliphatic heterocycles. The molecule has 1 N–H and O–H groups in total. The molecule has 0 amide bonds. The van der Waals surface area contributed by atoms with Crippen molar-refractivity contribution in [1.82, 2.24) is 4.72 Å². The van der Waals surface area contributed by atoms with Gasteiger partial charge in [0.15, 0.2) is 0 Å². The second-order valence-corrected chi connectivity index (χ2v) is 7.42. The summed E-state index contributed by atoms with van der Waals surface area (Å²) in [6, 6.07) is 1.42. The van der Waals surface area contributed by atoms with Crippen LogP contribution in [0.25, 0.3) is 0 Å². The van der Waals surface area contributed by atoms with Crippen molar-refractivity contribution < 1.29 is 19.4 Å². The van der Waals surface area contributed by atoms with E-state index in [0.717, 1.165) is 37.0 Å². The Labute approximate surface area is 139 Å². The predicted molar refractivity (Wildman–Crippen MR) is 93.1 cm³/mol. The molecule has 0 saturated heterocycles. The maximum atomic E-state index is 12.1. The molecule has 0 atom stereocenters. The van der Waals surface area contributed by atoms with E-state index in [4.69, 9.17) is 0 Å². The van der Waals surface area contributed by atoms with Gasteiger partial charge in [0.25, 0.3) is 0 Å². The number of methoxy groups -OCH3 is 1. The van der Waals surface area contributed by atoms with Gasteiger partial charge in [-0.2, -0.15) is 0 Å². The standard InChI is InChI=1S/C12H19NO4S2.C3H8.H2/c1-3-4-5-6-8-13-19(15,16)10-7-9-18-11(10)12(14)17-2;1-3-2;/h7,9,13H,3-6,8H2,1-2H3;3H2,1-2H3;1H. The number of rotatable bonds is 8. The molecule has 22 heavy (non-hydrogen) atoms. The number of sulfonamides is 1. The van der Waals surface area contributed by atoms with E-state index < -0.39 is 16.0 Å². The topological polar surface area (TPSA) is 72.5 Å². The monoisotopic (exact) mass is 351 g/mol. The summed E-state index contributed by atoms with van der Waals surface area (Å²) < 4.78 is 31.2. The minimum atomic E-state index is -3.63. The predicted octanol–water partition coefficient (Wildman–Crippen LogP) is 4.06. The fraction of sp³-hybridized carbons (Fsp3) is 0.667. The number of thiophene rings is 1. The van der Waals surface area contributed by atoms with Gasteiger partial charge in [-0.3, -0.25) is 0 Å². The van der Waals surface area contributed by atoms with Crippen LogP contribution in [0.1, 0.15) is 64.0 Å². The fourth-order valence-electron chi connectivity index (χ4n) is 1.59. The lowest BCUT2D eigenvalue weighted by Crippen LogP contribution is -2.25. The number of hydrogen-bond donors (Lipinski definition) is 1. The number of carbonyl (C=O) groups excluding carboxylic acids is 1. The number of carbonyl (C=O) groups is 1. The highest BCUT2D eigenvalue weighted by atomic mass is 32.2. The van der Waals surface area contributed by atoms with Crippen molar-refractivity contribution >= 4 is 27.3 Å². The van der Waals surface area contributed by atoms with E-state index in [1.54, 1.807) is 5.38 Å². The Kier molecular flexibility index (Phi) is 11.1. The first-order chi connectivity index (χ1) is 10.4. The molecular weight excluding hydrogens is 322 g/mol. The molecule has 0 bridgehead atoms. The number of ether oxygens (including phenoxy) is 1. The van der Waals surface area contributed by atoms with Gasteiger partial charge >= 0.3 is 5.97 Å². The summed E-state index contributed by atoms with van der Waals surface area (Å²) in [6.45, 7) is 6.73. The van der Waals surface area contributed by atoms with Crippen LogP contribution in [0, 0.1) is 0 Å². The van der Waals surface area contributed by atoms with Crippen LogP contribution in [0.2, 0.25) is 0 Å². The summed E-state index contributed by atoms with van der Waals surface area (Å²) in [5.41, 5.74) is 0. The first-order valence-electron chi connectivity index (χ1n) is 7.59. The van der Waals surface area contributed by atoms with Crippen LogP contribution in [0.15, 0.2) is 16.3 Å². The summed E-state index contributed by atoms with van der Waals surface area (Å²) in [5, 5.41) is 1.57. The highest BCUT2D eigenvalue weighted by Crippen LogP contribution is 2.22. The van der Waals surface area contributed by atoms with Crippen LogP contribution in [0.5, 0.6) is 0 Å². The fourth-order valence-corrected chi connectivity index (χ4v) is 3.99. The third-order valence-corrected chi connectivity index (χ3v) is 5.14. The molecule has 1 heterocycles. The third-order valence-electron chi connectivity index (χ3n) is 2.61. The Balaban J connectivity index is 0. The van der Waals surface area contributed by atoms with Crippen LogP contribution < -0.4 is 4.72 Å². The summed E-state index contributed by atoms with van der Waals surface area (Å²) in [6.07, 6.45) is 5.23. The molecule has 1 rings (SSSR count). The van der Waals surface area contributed by atoms with Crippen LogP contribution >= 0.6 is 11.3 Å². The maximum absolute atomic E-state index is 12.1. The van der Waals surface area contributed by atoms with E-state index in [2.05, 4.69) is 30.2 Å². The number of hydrogen-bond acceptors (Lipinski definition) is 5. The first-order valence-corrected chi connectivity index (χ1v) is 9.96. The molecule has 0 spiro atoms. The lowest BCUT2D eigenvalue weighted by molar-refractivity contribution is 0.0602. The quantitative estimate of drug-likeness (QED) is 0.566. The average molecular weight is 352 g/mol. The van der Waals surface area contributed by atoms with Crippen molar-refractivity contribution in [3.05, 3.63) is 16.3 Å². The summed E-state index contributed by atoms with van der Waals surface area (Å²) in [4.78, 5) is 11.6. The molecule has 1 aromatic heterocycles. The molecule has 7 heteroatoms.